The van der Waals surface area contributed by atoms with Gasteiger partial charge in [0.2, 0.25) is 5.91 Å². The Bertz CT molecular complexity index is 386. The minimum Gasteiger partial charge on any atom is -0.355 e. The molecule has 17 heavy (non-hydrogen) atoms. The van der Waals surface area contributed by atoms with E-state index in [2.05, 4.69) is 21.2 Å². The van der Waals surface area contributed by atoms with E-state index in [4.69, 9.17) is 0 Å². The predicted molar refractivity (Wildman–Crippen MR) is 73.3 cm³/mol. The Labute approximate surface area is 111 Å². The van der Waals surface area contributed by atoms with Crippen LogP contribution in [-0.4, -0.2) is 17.8 Å². The zero-order valence-electron chi connectivity index (χ0n) is 10.1. The van der Waals surface area contributed by atoms with Gasteiger partial charge in [-0.15, -0.1) is 0 Å². The fraction of sp³-hybridized carbons (Fsp3) is 0.500. The third kappa shape index (κ3) is 3.09. The largest absolute Gasteiger partial charge is 0.355 e. The van der Waals surface area contributed by atoms with Gasteiger partial charge in [-0.25, -0.2) is 0 Å². The molecule has 1 aliphatic carbocycles. The Morgan fingerprint density at radius 3 is 2.59 bits per heavy atom. The van der Waals surface area contributed by atoms with E-state index in [1.807, 2.05) is 37.3 Å². The van der Waals surface area contributed by atoms with Crippen LogP contribution in [0.25, 0.3) is 0 Å². The van der Waals surface area contributed by atoms with E-state index in [1.165, 1.54) is 12.8 Å². The second kappa shape index (κ2) is 5.21. The number of alkyl halides is 1. The average Bonchev–Trinajstić information content (AvgIpc) is 3.17. The van der Waals surface area contributed by atoms with Crippen LogP contribution in [0.4, 0.5) is 0 Å². The molecule has 1 aromatic carbocycles. The van der Waals surface area contributed by atoms with Crippen LogP contribution in [0.3, 0.4) is 0 Å². The molecule has 1 aliphatic rings. The van der Waals surface area contributed by atoms with E-state index in [0.29, 0.717) is 5.41 Å². The van der Waals surface area contributed by atoms with Crippen molar-refractivity contribution in [2.24, 2.45) is 5.41 Å². The smallest absolute Gasteiger partial charge is 0.227 e. The SMILES string of the molecule is CC(C(=O)NCC1(CBr)CC1)c1ccccc1. The van der Waals surface area contributed by atoms with E-state index < -0.39 is 0 Å². The van der Waals surface area contributed by atoms with Crippen LogP contribution in [-0.2, 0) is 4.79 Å². The van der Waals surface area contributed by atoms with E-state index in [-0.39, 0.29) is 11.8 Å². The molecule has 1 saturated carbocycles. The Hall–Kier alpha value is -0.830. The molecule has 0 spiro atoms. The maximum atomic E-state index is 12.0. The molecule has 1 fully saturated rings. The minimum atomic E-state index is -0.0673. The number of hydrogen-bond acceptors (Lipinski definition) is 1. The first-order valence-electron chi connectivity index (χ1n) is 6.05. The zero-order valence-corrected chi connectivity index (χ0v) is 11.7. The average molecular weight is 296 g/mol. The molecule has 0 aliphatic heterocycles. The van der Waals surface area contributed by atoms with Gasteiger partial charge in [-0.1, -0.05) is 46.3 Å². The van der Waals surface area contributed by atoms with Crippen molar-refractivity contribution in [3.8, 4) is 0 Å². The van der Waals surface area contributed by atoms with Crippen LogP contribution in [0.1, 0.15) is 31.2 Å². The highest BCUT2D eigenvalue weighted by atomic mass is 79.9. The summed E-state index contributed by atoms with van der Waals surface area (Å²) in [5.74, 6) is 0.0609. The molecule has 0 saturated heterocycles. The van der Waals surface area contributed by atoms with Gasteiger partial charge in [-0.3, -0.25) is 4.79 Å². The number of hydrogen-bond donors (Lipinski definition) is 1. The highest BCUT2D eigenvalue weighted by molar-refractivity contribution is 9.09. The van der Waals surface area contributed by atoms with Crippen LogP contribution in [0.2, 0.25) is 0 Å². The molecule has 92 valence electrons. The van der Waals surface area contributed by atoms with Crippen LogP contribution in [0, 0.1) is 5.41 Å². The topological polar surface area (TPSA) is 29.1 Å². The molecule has 0 radical (unpaired) electrons. The maximum Gasteiger partial charge on any atom is 0.227 e. The lowest BCUT2D eigenvalue weighted by Crippen LogP contribution is -2.33. The van der Waals surface area contributed by atoms with Crippen molar-refractivity contribution < 1.29 is 4.79 Å². The van der Waals surface area contributed by atoms with Gasteiger partial charge >= 0.3 is 0 Å². The second-order valence-electron chi connectivity index (χ2n) is 4.98. The van der Waals surface area contributed by atoms with Gasteiger partial charge in [0.25, 0.3) is 0 Å². The molecule has 0 aromatic heterocycles. The summed E-state index contributed by atoms with van der Waals surface area (Å²) >= 11 is 3.51. The van der Waals surface area contributed by atoms with Crippen molar-refractivity contribution in [3.05, 3.63) is 35.9 Å². The third-order valence-corrected chi connectivity index (χ3v) is 4.76. The molecule has 1 N–H and O–H groups in total. The van der Waals surface area contributed by atoms with E-state index in [9.17, 15) is 4.79 Å². The summed E-state index contributed by atoms with van der Waals surface area (Å²) < 4.78 is 0. The quantitative estimate of drug-likeness (QED) is 0.831. The molecule has 0 bridgehead atoms. The second-order valence-corrected chi connectivity index (χ2v) is 5.54. The molecule has 1 amide bonds. The first-order chi connectivity index (χ1) is 8.17. The summed E-state index contributed by atoms with van der Waals surface area (Å²) in [5.41, 5.74) is 1.42. The highest BCUT2D eigenvalue weighted by Crippen LogP contribution is 2.46. The fourth-order valence-electron chi connectivity index (χ4n) is 1.86. The van der Waals surface area contributed by atoms with Crippen molar-refractivity contribution in [3.63, 3.8) is 0 Å². The van der Waals surface area contributed by atoms with Crippen molar-refractivity contribution in [1.29, 1.82) is 0 Å². The first-order valence-corrected chi connectivity index (χ1v) is 7.18. The van der Waals surface area contributed by atoms with Crippen molar-refractivity contribution >= 4 is 21.8 Å². The first kappa shape index (κ1) is 12.6. The molecule has 1 atom stereocenters. The Balaban J connectivity index is 1.88. The highest BCUT2D eigenvalue weighted by Gasteiger charge is 2.41. The van der Waals surface area contributed by atoms with Crippen molar-refractivity contribution in [1.82, 2.24) is 5.32 Å². The number of rotatable bonds is 5. The fourth-order valence-corrected chi connectivity index (χ4v) is 2.61. The summed E-state index contributed by atoms with van der Waals surface area (Å²) in [5, 5.41) is 4.05. The molecule has 0 heterocycles. The molecular weight excluding hydrogens is 278 g/mol. The number of halogens is 1. The minimum absolute atomic E-state index is 0.0673. The number of benzene rings is 1. The third-order valence-electron chi connectivity index (χ3n) is 3.57. The van der Waals surface area contributed by atoms with Gasteiger partial charge < -0.3 is 5.32 Å². The molecule has 2 rings (SSSR count). The zero-order chi connectivity index (χ0) is 12.3. The summed E-state index contributed by atoms with van der Waals surface area (Å²) in [4.78, 5) is 12.0. The lowest BCUT2D eigenvalue weighted by molar-refractivity contribution is -0.122. The molecular formula is C14H18BrNO. The van der Waals surface area contributed by atoms with Crippen LogP contribution in [0.15, 0.2) is 30.3 Å². The summed E-state index contributed by atoms with van der Waals surface area (Å²) in [6.07, 6.45) is 2.44. The summed E-state index contributed by atoms with van der Waals surface area (Å²) in [6.45, 7) is 2.76. The maximum absolute atomic E-state index is 12.0. The monoisotopic (exact) mass is 295 g/mol. The van der Waals surface area contributed by atoms with Gasteiger partial charge in [0.05, 0.1) is 5.92 Å². The number of carbonyl (C=O) groups excluding carboxylic acids is 1. The number of carbonyl (C=O) groups is 1. The van der Waals surface area contributed by atoms with E-state index in [0.717, 1.165) is 17.4 Å². The molecule has 1 aromatic rings. The Morgan fingerprint density at radius 1 is 1.41 bits per heavy atom. The number of amides is 1. The lowest BCUT2D eigenvalue weighted by Gasteiger charge is -2.16. The number of nitrogens with one attached hydrogen (secondary N) is 1. The predicted octanol–water partition coefficient (Wildman–Crippen LogP) is 3.08. The van der Waals surface area contributed by atoms with Crippen molar-refractivity contribution in [2.75, 3.05) is 11.9 Å². The van der Waals surface area contributed by atoms with Crippen LogP contribution in [0.5, 0.6) is 0 Å². The molecule has 2 nitrogen and oxygen atoms in total. The van der Waals surface area contributed by atoms with Gasteiger partial charge in [0, 0.05) is 11.9 Å². The van der Waals surface area contributed by atoms with Crippen molar-refractivity contribution in [2.45, 2.75) is 25.7 Å². The van der Waals surface area contributed by atoms with Crippen LogP contribution < -0.4 is 5.32 Å². The molecule has 3 heteroatoms. The Kier molecular flexibility index (Phi) is 3.87. The molecule has 1 unspecified atom stereocenters. The van der Waals surface area contributed by atoms with E-state index >= 15 is 0 Å². The Morgan fingerprint density at radius 2 is 2.06 bits per heavy atom. The van der Waals surface area contributed by atoms with Gasteiger partial charge in [-0.05, 0) is 30.7 Å². The van der Waals surface area contributed by atoms with Gasteiger partial charge in [0.15, 0.2) is 0 Å². The standard InChI is InChI=1S/C14H18BrNO/c1-11(12-5-3-2-4-6-12)13(17)16-10-14(9-15)7-8-14/h2-6,11H,7-10H2,1H3,(H,16,17). The van der Waals surface area contributed by atoms with Gasteiger partial charge in [-0.2, -0.15) is 0 Å². The normalized spacial score (nSPS) is 18.5. The lowest BCUT2D eigenvalue weighted by atomic mass is 10.00. The van der Waals surface area contributed by atoms with Crippen LogP contribution >= 0.6 is 15.9 Å². The summed E-state index contributed by atoms with van der Waals surface area (Å²) in [7, 11) is 0. The van der Waals surface area contributed by atoms with E-state index in [1.54, 1.807) is 0 Å². The summed E-state index contributed by atoms with van der Waals surface area (Å²) in [6, 6.07) is 9.92. The van der Waals surface area contributed by atoms with Gasteiger partial charge in [0.1, 0.15) is 0 Å².